The van der Waals surface area contributed by atoms with Gasteiger partial charge in [-0.15, -0.1) is 0 Å². The summed E-state index contributed by atoms with van der Waals surface area (Å²) in [5, 5.41) is 10.4. The monoisotopic (exact) mass is 335 g/mol. The Kier molecular flexibility index (Phi) is 6.66. The van der Waals surface area contributed by atoms with Crippen molar-refractivity contribution < 1.29 is 4.79 Å². The first-order chi connectivity index (χ1) is 11.4. The minimum atomic E-state index is -0.0996. The number of hydrogen-bond donors (Lipinski definition) is 2. The lowest BCUT2D eigenvalue weighted by atomic mass is 9.99. The number of likely N-dealkylation sites (tertiary alicyclic amines) is 1. The molecule has 2 rings (SSSR count). The quantitative estimate of drug-likeness (QED) is 0.785. The molecule has 2 amide bonds. The molecule has 1 fully saturated rings. The zero-order chi connectivity index (χ0) is 17.7. The zero-order valence-electron chi connectivity index (χ0n) is 15.9. The van der Waals surface area contributed by atoms with E-state index in [4.69, 9.17) is 0 Å². The molecule has 0 bridgehead atoms. The van der Waals surface area contributed by atoms with E-state index in [1.54, 1.807) is 0 Å². The van der Waals surface area contributed by atoms with Gasteiger partial charge in [-0.1, -0.05) is 6.92 Å². The highest BCUT2D eigenvalue weighted by atomic mass is 16.2. The molecule has 2 N–H and O–H groups in total. The van der Waals surface area contributed by atoms with Crippen molar-refractivity contribution in [3.8, 4) is 0 Å². The molecule has 0 radical (unpaired) electrons. The van der Waals surface area contributed by atoms with Crippen LogP contribution in [0.15, 0.2) is 0 Å². The van der Waals surface area contributed by atoms with Crippen molar-refractivity contribution in [2.24, 2.45) is 13.0 Å². The van der Waals surface area contributed by atoms with Crippen LogP contribution in [0.3, 0.4) is 0 Å². The number of aromatic nitrogens is 2. The molecule has 6 nitrogen and oxygen atoms in total. The van der Waals surface area contributed by atoms with Gasteiger partial charge in [-0.25, -0.2) is 4.79 Å². The Bertz CT molecular complexity index is 546. The van der Waals surface area contributed by atoms with Crippen molar-refractivity contribution in [2.75, 3.05) is 26.2 Å². The average Bonchev–Trinajstić information content (AvgIpc) is 2.78. The van der Waals surface area contributed by atoms with Gasteiger partial charge in [-0.2, -0.15) is 5.10 Å². The van der Waals surface area contributed by atoms with Crippen molar-refractivity contribution in [1.82, 2.24) is 25.3 Å². The van der Waals surface area contributed by atoms with Crippen LogP contribution in [0.1, 0.15) is 56.1 Å². The summed E-state index contributed by atoms with van der Waals surface area (Å²) >= 11 is 0. The summed E-state index contributed by atoms with van der Waals surface area (Å²) in [6, 6.07) is -0.139. The van der Waals surface area contributed by atoms with Gasteiger partial charge in [0.2, 0.25) is 0 Å². The normalized spacial score (nSPS) is 17.7. The third-order valence-electron chi connectivity index (χ3n) is 5.16. The Morgan fingerprint density at radius 2 is 2.00 bits per heavy atom. The molecule has 1 saturated heterocycles. The highest BCUT2D eigenvalue weighted by Gasteiger charge is 2.18. The third kappa shape index (κ3) is 4.97. The second-order valence-electron chi connectivity index (χ2n) is 7.21. The van der Waals surface area contributed by atoms with Gasteiger partial charge in [0.15, 0.2) is 0 Å². The van der Waals surface area contributed by atoms with Crippen molar-refractivity contribution in [3.05, 3.63) is 17.0 Å². The van der Waals surface area contributed by atoms with Crippen LogP contribution in [0.25, 0.3) is 0 Å². The number of aryl methyl sites for hydroxylation is 2. The molecule has 2 heterocycles. The van der Waals surface area contributed by atoms with Crippen LogP contribution in [0.4, 0.5) is 4.79 Å². The maximum absolute atomic E-state index is 12.1. The second kappa shape index (κ2) is 8.51. The molecule has 1 aliphatic rings. The minimum Gasteiger partial charge on any atom is -0.338 e. The first-order valence-electron chi connectivity index (χ1n) is 9.15. The van der Waals surface area contributed by atoms with Crippen molar-refractivity contribution in [1.29, 1.82) is 0 Å². The SMILES string of the molecule is Cc1nn(C)c(C)c1[C@@H](C)NC(=O)NCCCN1CCC(C)CC1. The number of amides is 2. The van der Waals surface area contributed by atoms with E-state index in [1.807, 2.05) is 32.5 Å². The minimum absolute atomic E-state index is 0.0396. The third-order valence-corrected chi connectivity index (χ3v) is 5.16. The molecule has 136 valence electrons. The Morgan fingerprint density at radius 3 is 2.58 bits per heavy atom. The summed E-state index contributed by atoms with van der Waals surface area (Å²) in [7, 11) is 1.93. The summed E-state index contributed by atoms with van der Waals surface area (Å²) in [6.45, 7) is 12.5. The summed E-state index contributed by atoms with van der Waals surface area (Å²) in [4.78, 5) is 14.6. The van der Waals surface area contributed by atoms with Crippen LogP contribution >= 0.6 is 0 Å². The predicted molar refractivity (Wildman–Crippen MR) is 97.1 cm³/mol. The Morgan fingerprint density at radius 1 is 1.33 bits per heavy atom. The van der Waals surface area contributed by atoms with Crippen molar-refractivity contribution in [2.45, 2.75) is 53.0 Å². The Balaban J connectivity index is 1.67. The van der Waals surface area contributed by atoms with E-state index >= 15 is 0 Å². The van der Waals surface area contributed by atoms with E-state index in [1.165, 1.54) is 25.9 Å². The topological polar surface area (TPSA) is 62.2 Å². The van der Waals surface area contributed by atoms with Gasteiger partial charge < -0.3 is 15.5 Å². The molecule has 0 saturated carbocycles. The Hall–Kier alpha value is -1.56. The van der Waals surface area contributed by atoms with E-state index in [0.29, 0.717) is 0 Å². The van der Waals surface area contributed by atoms with Gasteiger partial charge in [-0.3, -0.25) is 4.68 Å². The number of rotatable bonds is 6. The summed E-state index contributed by atoms with van der Waals surface area (Å²) in [5.41, 5.74) is 3.18. The zero-order valence-corrected chi connectivity index (χ0v) is 15.9. The standard InChI is InChI=1S/C18H33N5O/c1-13-7-11-23(12-8-13)10-6-9-19-18(24)20-14(2)17-15(3)21-22(5)16(17)4/h13-14H,6-12H2,1-5H3,(H2,19,20,24)/t14-/m1/s1. The maximum Gasteiger partial charge on any atom is 0.315 e. The largest absolute Gasteiger partial charge is 0.338 e. The lowest BCUT2D eigenvalue weighted by Crippen LogP contribution is -2.39. The van der Waals surface area contributed by atoms with Crippen LogP contribution in [0, 0.1) is 19.8 Å². The fraction of sp³-hybridized carbons (Fsp3) is 0.778. The molecule has 0 aliphatic carbocycles. The van der Waals surface area contributed by atoms with Gasteiger partial charge >= 0.3 is 6.03 Å². The van der Waals surface area contributed by atoms with E-state index in [9.17, 15) is 4.79 Å². The molecule has 0 unspecified atom stereocenters. The van der Waals surface area contributed by atoms with Crippen LogP contribution in [-0.2, 0) is 7.05 Å². The molecule has 1 atom stereocenters. The number of piperidine rings is 1. The summed E-state index contributed by atoms with van der Waals surface area (Å²) < 4.78 is 1.86. The van der Waals surface area contributed by atoms with Crippen molar-refractivity contribution >= 4 is 6.03 Å². The van der Waals surface area contributed by atoms with Crippen molar-refractivity contribution in [3.63, 3.8) is 0 Å². The van der Waals surface area contributed by atoms with Gasteiger partial charge in [0, 0.05) is 24.8 Å². The van der Waals surface area contributed by atoms with Crippen LogP contribution in [0.5, 0.6) is 0 Å². The second-order valence-corrected chi connectivity index (χ2v) is 7.21. The Labute approximate surface area is 146 Å². The first-order valence-corrected chi connectivity index (χ1v) is 9.15. The van der Waals surface area contributed by atoms with Gasteiger partial charge in [0.25, 0.3) is 0 Å². The highest BCUT2D eigenvalue weighted by molar-refractivity contribution is 5.74. The molecule has 24 heavy (non-hydrogen) atoms. The molecule has 0 aromatic carbocycles. The van der Waals surface area contributed by atoms with E-state index in [0.717, 1.165) is 42.4 Å². The number of hydrogen-bond acceptors (Lipinski definition) is 3. The number of carbonyl (C=O) groups is 1. The van der Waals surface area contributed by atoms with Crippen LogP contribution in [0.2, 0.25) is 0 Å². The lowest BCUT2D eigenvalue weighted by Gasteiger charge is -2.30. The average molecular weight is 335 g/mol. The summed E-state index contributed by atoms with van der Waals surface area (Å²) in [6.07, 6.45) is 3.60. The molecule has 0 spiro atoms. The van der Waals surface area contributed by atoms with E-state index in [-0.39, 0.29) is 12.1 Å². The maximum atomic E-state index is 12.1. The van der Waals surface area contributed by atoms with Crippen LogP contribution in [-0.4, -0.2) is 46.9 Å². The molecular formula is C18H33N5O. The summed E-state index contributed by atoms with van der Waals surface area (Å²) in [5.74, 6) is 0.867. The predicted octanol–water partition coefficient (Wildman–Crippen LogP) is 2.52. The molecular weight excluding hydrogens is 302 g/mol. The highest BCUT2D eigenvalue weighted by Crippen LogP contribution is 2.20. The van der Waals surface area contributed by atoms with E-state index in [2.05, 4.69) is 27.6 Å². The van der Waals surface area contributed by atoms with E-state index < -0.39 is 0 Å². The fourth-order valence-corrected chi connectivity index (χ4v) is 3.53. The number of nitrogens with zero attached hydrogens (tertiary/aromatic N) is 3. The first kappa shape index (κ1) is 18.8. The fourth-order valence-electron chi connectivity index (χ4n) is 3.53. The number of carbonyl (C=O) groups excluding carboxylic acids is 1. The number of urea groups is 1. The van der Waals surface area contributed by atoms with Gasteiger partial charge in [-0.05, 0) is 65.6 Å². The molecule has 6 heteroatoms. The molecule has 1 aromatic heterocycles. The molecule has 1 aliphatic heterocycles. The van der Waals surface area contributed by atoms with Gasteiger partial charge in [0.1, 0.15) is 0 Å². The molecule has 1 aromatic rings. The van der Waals surface area contributed by atoms with Crippen LogP contribution < -0.4 is 10.6 Å². The smallest absolute Gasteiger partial charge is 0.315 e. The van der Waals surface area contributed by atoms with Gasteiger partial charge in [0.05, 0.1) is 11.7 Å². The lowest BCUT2D eigenvalue weighted by molar-refractivity contribution is 0.190. The number of nitrogens with one attached hydrogen (secondary N) is 2.